The molecule has 0 aliphatic heterocycles. The smallest absolute Gasteiger partial charge is 0.341 e. The first-order valence-electron chi connectivity index (χ1n) is 12.1. The first kappa shape index (κ1) is 29.4. The van der Waals surface area contributed by atoms with Crippen molar-refractivity contribution in [3.05, 3.63) is 51.6 Å². The molecular formula is C29H37ClO6. The summed E-state index contributed by atoms with van der Waals surface area (Å²) in [5.74, 6) is 0.0993. The van der Waals surface area contributed by atoms with Crippen LogP contribution in [0.4, 0.5) is 0 Å². The number of benzene rings is 1. The lowest BCUT2D eigenvalue weighted by Crippen LogP contribution is -2.40. The van der Waals surface area contributed by atoms with E-state index in [9.17, 15) is 14.4 Å². The molecule has 0 unspecified atom stereocenters. The summed E-state index contributed by atoms with van der Waals surface area (Å²) in [4.78, 5) is 35.1. The van der Waals surface area contributed by atoms with Gasteiger partial charge in [-0.2, -0.15) is 0 Å². The number of rotatable bonds is 10. The maximum Gasteiger partial charge on any atom is 0.341 e. The molecule has 36 heavy (non-hydrogen) atoms. The Labute approximate surface area is 219 Å². The molecule has 7 heteroatoms. The summed E-state index contributed by atoms with van der Waals surface area (Å²) < 4.78 is 11.3. The van der Waals surface area contributed by atoms with Crippen molar-refractivity contribution in [2.75, 3.05) is 13.7 Å². The molecule has 1 N–H and O–H groups in total. The van der Waals surface area contributed by atoms with Crippen LogP contribution in [0.5, 0.6) is 11.5 Å². The topological polar surface area (TPSA) is 89.9 Å². The molecule has 0 saturated heterocycles. The molecule has 6 nitrogen and oxygen atoms in total. The molecule has 1 aliphatic carbocycles. The van der Waals surface area contributed by atoms with Crippen molar-refractivity contribution in [1.29, 1.82) is 0 Å². The van der Waals surface area contributed by atoms with Gasteiger partial charge in [0.1, 0.15) is 17.3 Å². The van der Waals surface area contributed by atoms with Crippen molar-refractivity contribution in [2.45, 2.75) is 60.8 Å². The Balaban J connectivity index is 2.51. The second kappa shape index (κ2) is 12.4. The number of halogens is 1. The van der Waals surface area contributed by atoms with Gasteiger partial charge in [-0.3, -0.25) is 9.59 Å². The maximum absolute atomic E-state index is 12.4. The molecule has 1 aliphatic rings. The molecule has 2 rings (SSSR count). The van der Waals surface area contributed by atoms with Crippen LogP contribution in [0.25, 0.3) is 6.08 Å². The molecule has 0 heterocycles. The Morgan fingerprint density at radius 1 is 1.19 bits per heavy atom. The molecule has 0 radical (unpaired) electrons. The monoisotopic (exact) mass is 516 g/mol. The van der Waals surface area contributed by atoms with Crippen LogP contribution < -0.4 is 9.47 Å². The summed E-state index contributed by atoms with van der Waals surface area (Å²) in [6.45, 7) is 11.0. The summed E-state index contributed by atoms with van der Waals surface area (Å²) >= 11 is 6.61. The number of Topliss-reactive ketones (excluding diaryl/α,β-unsaturated/α-hetero) is 1. The number of carboxylic acid groups (broad SMARTS) is 1. The lowest BCUT2D eigenvalue weighted by atomic mass is 9.61. The molecule has 3 atom stereocenters. The van der Waals surface area contributed by atoms with Crippen molar-refractivity contribution in [1.82, 2.24) is 0 Å². The van der Waals surface area contributed by atoms with Gasteiger partial charge in [0.25, 0.3) is 0 Å². The molecule has 1 saturated carbocycles. The van der Waals surface area contributed by atoms with Crippen LogP contribution in [0.2, 0.25) is 5.02 Å². The number of aliphatic carboxylic acids is 1. The minimum atomic E-state index is -1.12. The van der Waals surface area contributed by atoms with Crippen LogP contribution in [0.15, 0.2) is 29.9 Å². The zero-order valence-corrected chi connectivity index (χ0v) is 23.0. The first-order chi connectivity index (χ1) is 16.8. The van der Waals surface area contributed by atoms with Crippen LogP contribution in [0.1, 0.15) is 64.2 Å². The van der Waals surface area contributed by atoms with Gasteiger partial charge in [0.05, 0.1) is 12.1 Å². The molecular weight excluding hydrogens is 480 g/mol. The number of carboxylic acids is 1. The Hall–Kier alpha value is -2.86. The number of ether oxygens (including phenoxy) is 2. The van der Waals surface area contributed by atoms with Gasteiger partial charge < -0.3 is 14.6 Å². The van der Waals surface area contributed by atoms with E-state index in [0.29, 0.717) is 47.0 Å². The molecule has 1 aromatic rings. The lowest BCUT2D eigenvalue weighted by molar-refractivity contribution is -0.139. The predicted octanol–water partition coefficient (Wildman–Crippen LogP) is 6.41. The van der Waals surface area contributed by atoms with E-state index in [4.69, 9.17) is 26.2 Å². The van der Waals surface area contributed by atoms with E-state index in [1.807, 2.05) is 26.0 Å². The number of allylic oxidation sites excluding steroid dienone is 5. The average molecular weight is 517 g/mol. The highest BCUT2D eigenvalue weighted by Gasteiger charge is 2.41. The fourth-order valence-corrected chi connectivity index (χ4v) is 4.84. The van der Waals surface area contributed by atoms with Gasteiger partial charge in [0.15, 0.2) is 12.4 Å². The Bertz CT molecular complexity index is 1110. The lowest BCUT2D eigenvalue weighted by Gasteiger charge is -2.42. The number of methoxy groups -OCH3 is 1. The quantitative estimate of drug-likeness (QED) is 0.285. The predicted molar refractivity (Wildman–Crippen MR) is 143 cm³/mol. The number of hydrogen-bond donors (Lipinski definition) is 1. The molecule has 0 bridgehead atoms. The highest BCUT2D eigenvalue weighted by atomic mass is 35.5. The van der Waals surface area contributed by atoms with Gasteiger partial charge in [-0.05, 0) is 62.7 Å². The number of carbonyl (C=O) groups is 3. The van der Waals surface area contributed by atoms with Crippen molar-refractivity contribution >= 4 is 35.2 Å². The van der Waals surface area contributed by atoms with Crippen molar-refractivity contribution in [3.8, 4) is 11.5 Å². The Kier molecular flexibility index (Phi) is 10.1. The molecule has 0 spiro atoms. The van der Waals surface area contributed by atoms with Gasteiger partial charge in [0, 0.05) is 23.5 Å². The van der Waals surface area contributed by atoms with E-state index in [1.54, 1.807) is 13.0 Å². The van der Waals surface area contributed by atoms with Crippen LogP contribution >= 0.6 is 11.6 Å². The van der Waals surface area contributed by atoms with Gasteiger partial charge >= 0.3 is 5.97 Å². The van der Waals surface area contributed by atoms with E-state index >= 15 is 0 Å². The van der Waals surface area contributed by atoms with Gasteiger partial charge in [0.2, 0.25) is 0 Å². The van der Waals surface area contributed by atoms with Crippen LogP contribution in [-0.2, 0) is 20.8 Å². The fourth-order valence-electron chi connectivity index (χ4n) is 4.57. The first-order valence-corrected chi connectivity index (χ1v) is 12.5. The minimum Gasteiger partial charge on any atom is -0.496 e. The average Bonchev–Trinajstić information content (AvgIpc) is 2.82. The third kappa shape index (κ3) is 6.67. The Morgan fingerprint density at radius 2 is 1.86 bits per heavy atom. The fraction of sp³-hybridized carbons (Fsp3) is 0.483. The maximum atomic E-state index is 12.4. The zero-order valence-electron chi connectivity index (χ0n) is 22.2. The highest BCUT2D eigenvalue weighted by molar-refractivity contribution is 6.33. The van der Waals surface area contributed by atoms with E-state index in [1.165, 1.54) is 20.1 Å². The van der Waals surface area contributed by atoms with Gasteiger partial charge in [-0.1, -0.05) is 56.2 Å². The third-order valence-electron chi connectivity index (χ3n) is 7.39. The molecule has 1 fully saturated rings. The van der Waals surface area contributed by atoms with E-state index in [0.717, 1.165) is 12.0 Å². The zero-order chi connectivity index (χ0) is 27.2. The van der Waals surface area contributed by atoms with Crippen molar-refractivity contribution in [2.24, 2.45) is 17.3 Å². The summed E-state index contributed by atoms with van der Waals surface area (Å²) in [6, 6.07) is 0. The van der Waals surface area contributed by atoms with Crippen molar-refractivity contribution in [3.63, 3.8) is 0 Å². The third-order valence-corrected chi connectivity index (χ3v) is 7.84. The van der Waals surface area contributed by atoms with Crippen LogP contribution in [-0.4, -0.2) is 36.4 Å². The molecule has 0 aromatic heterocycles. The highest BCUT2D eigenvalue weighted by Crippen LogP contribution is 2.45. The molecule has 0 amide bonds. The second-order valence-electron chi connectivity index (χ2n) is 9.80. The van der Waals surface area contributed by atoms with Crippen LogP contribution in [0.3, 0.4) is 0 Å². The van der Waals surface area contributed by atoms with Gasteiger partial charge in [-0.25, -0.2) is 4.79 Å². The number of hydrogen-bond acceptors (Lipinski definition) is 5. The number of carbonyl (C=O) groups excluding carboxylic acids is 2. The van der Waals surface area contributed by atoms with E-state index in [2.05, 4.69) is 19.9 Å². The minimum absolute atomic E-state index is 0.0482. The number of ketones is 2. The summed E-state index contributed by atoms with van der Waals surface area (Å²) in [5.41, 5.74) is 2.58. The van der Waals surface area contributed by atoms with Crippen LogP contribution in [0, 0.1) is 24.2 Å². The van der Waals surface area contributed by atoms with Crippen molar-refractivity contribution < 1.29 is 29.0 Å². The normalized spacial score (nSPS) is 22.9. The standard InChI is InChI=1S/C29H37ClO6/c1-17(14-15-29(6)18(2)9-13-24(32)21(29)5)8-11-23-27(35-7)22(12-10-19(3)31)20(4)26(30)28(23)36-16-25(33)34/h8,10,12,14-15,18,21H,9,11,13,16H2,1-7H3,(H,33,34)/b12-10+,15-14+,17-8+/t18-,21+,29+/m1/s1. The second-order valence-corrected chi connectivity index (χ2v) is 10.2. The van der Waals surface area contributed by atoms with E-state index in [-0.39, 0.29) is 27.9 Å². The van der Waals surface area contributed by atoms with E-state index < -0.39 is 12.6 Å². The summed E-state index contributed by atoms with van der Waals surface area (Å²) in [6.07, 6.45) is 11.1. The van der Waals surface area contributed by atoms with Gasteiger partial charge in [-0.15, -0.1) is 0 Å². The summed E-state index contributed by atoms with van der Waals surface area (Å²) in [7, 11) is 1.51. The molecule has 196 valence electrons. The summed E-state index contributed by atoms with van der Waals surface area (Å²) in [5, 5.41) is 9.43. The largest absolute Gasteiger partial charge is 0.496 e. The SMILES string of the molecule is COc1c(/C=C/C(C)=O)c(C)c(Cl)c(OCC(=O)O)c1C/C=C(C)/C=C/[C@@]1(C)[C@H](C)CCC(=O)[C@@H]1C. The Morgan fingerprint density at radius 3 is 2.44 bits per heavy atom. The molecule has 1 aromatic carbocycles.